The second-order valence-corrected chi connectivity index (χ2v) is 10.3. The highest BCUT2D eigenvalue weighted by atomic mass is 19.4. The molecule has 2 aliphatic rings. The van der Waals surface area contributed by atoms with Gasteiger partial charge in [0.05, 0.1) is 10.9 Å². The molecule has 4 aromatic rings. The van der Waals surface area contributed by atoms with Crippen molar-refractivity contribution in [3.8, 4) is 5.75 Å². The number of alkyl halides is 3. The molecule has 40 heavy (non-hydrogen) atoms. The van der Waals surface area contributed by atoms with E-state index < -0.39 is 12.3 Å². The third-order valence-corrected chi connectivity index (χ3v) is 7.88. The Balaban J connectivity index is 1.48. The molecule has 1 saturated heterocycles. The lowest BCUT2D eigenvalue weighted by atomic mass is 9.87. The Morgan fingerprint density at radius 3 is 2.48 bits per heavy atom. The van der Waals surface area contributed by atoms with Gasteiger partial charge in [-0.2, -0.15) is 9.49 Å². The van der Waals surface area contributed by atoms with Crippen molar-refractivity contribution < 1.29 is 27.1 Å². The summed E-state index contributed by atoms with van der Waals surface area (Å²) in [6.07, 6.45) is -0.268. The summed E-state index contributed by atoms with van der Waals surface area (Å²) < 4.78 is 58.1. The van der Waals surface area contributed by atoms with Crippen LogP contribution in [0.5, 0.6) is 5.75 Å². The van der Waals surface area contributed by atoms with Gasteiger partial charge in [0.15, 0.2) is 0 Å². The molecule has 5 nitrogen and oxygen atoms in total. The maximum Gasteiger partial charge on any atom is 0.573 e. The van der Waals surface area contributed by atoms with Crippen molar-refractivity contribution in [3.63, 3.8) is 0 Å². The molecule has 2 heterocycles. The molecule has 3 aromatic carbocycles. The average Bonchev–Trinajstić information content (AvgIpc) is 3.22. The third kappa shape index (κ3) is 5.08. The number of nitrogens with one attached hydrogen (secondary N) is 1. The van der Waals surface area contributed by atoms with Crippen molar-refractivity contribution in [2.75, 3.05) is 18.0 Å². The summed E-state index contributed by atoms with van der Waals surface area (Å²) in [6, 6.07) is 17.8. The highest BCUT2D eigenvalue weighted by Crippen LogP contribution is 2.43. The number of hydrogen-bond acceptors (Lipinski definition) is 4. The van der Waals surface area contributed by atoms with Gasteiger partial charge in [-0.05, 0) is 95.8 Å². The first kappa shape index (κ1) is 26.1. The number of H-pyrrole nitrogens is 1. The van der Waals surface area contributed by atoms with Gasteiger partial charge in [-0.3, -0.25) is 5.10 Å². The zero-order valence-electron chi connectivity index (χ0n) is 21.6. The maximum atomic E-state index is 14.9. The summed E-state index contributed by atoms with van der Waals surface area (Å²) in [7, 11) is 0. The van der Waals surface area contributed by atoms with Gasteiger partial charge in [-0.15, -0.1) is 13.2 Å². The number of aldehydes is 1. The number of rotatable bonds is 5. The lowest BCUT2D eigenvalue weighted by molar-refractivity contribution is -0.274. The van der Waals surface area contributed by atoms with Gasteiger partial charge in [-0.25, -0.2) is 0 Å². The normalized spacial score (nSPS) is 16.6. The van der Waals surface area contributed by atoms with Crippen LogP contribution in [0.25, 0.3) is 22.0 Å². The molecule has 0 amide bonds. The Labute approximate surface area is 228 Å². The maximum absolute atomic E-state index is 14.9. The number of ether oxygens (including phenoxy) is 1. The number of carbonyl (C=O) groups excluding carboxylic acids is 1. The van der Waals surface area contributed by atoms with E-state index in [9.17, 15) is 22.4 Å². The quantitative estimate of drug-likeness (QED) is 0.210. The molecule has 206 valence electrons. The van der Waals surface area contributed by atoms with Crippen LogP contribution in [0.15, 0.2) is 60.7 Å². The number of halogens is 4. The summed E-state index contributed by atoms with van der Waals surface area (Å²) >= 11 is 0. The average molecular weight is 550 g/mol. The fourth-order valence-electron chi connectivity index (χ4n) is 5.99. The van der Waals surface area contributed by atoms with Crippen LogP contribution in [0, 0.1) is 11.9 Å². The molecule has 1 aliphatic heterocycles. The van der Waals surface area contributed by atoms with Gasteiger partial charge in [-0.1, -0.05) is 30.3 Å². The smallest absolute Gasteiger partial charge is 0.406 e. The minimum absolute atomic E-state index is 0.1000. The number of aromatic amines is 1. The molecule has 9 heteroatoms. The first-order valence-electron chi connectivity index (χ1n) is 13.4. The van der Waals surface area contributed by atoms with Gasteiger partial charge in [0.2, 0.25) is 5.95 Å². The first-order valence-corrected chi connectivity index (χ1v) is 13.4. The molecule has 0 saturated carbocycles. The van der Waals surface area contributed by atoms with Crippen LogP contribution in [0.2, 0.25) is 0 Å². The highest BCUT2D eigenvalue weighted by molar-refractivity contribution is 6.03. The van der Waals surface area contributed by atoms with Gasteiger partial charge < -0.3 is 14.4 Å². The van der Waals surface area contributed by atoms with E-state index in [0.717, 1.165) is 65.7 Å². The summed E-state index contributed by atoms with van der Waals surface area (Å²) in [5, 5.41) is 6.97. The van der Waals surface area contributed by atoms with Gasteiger partial charge in [0, 0.05) is 24.7 Å². The van der Waals surface area contributed by atoms with Crippen molar-refractivity contribution in [1.29, 1.82) is 0 Å². The summed E-state index contributed by atoms with van der Waals surface area (Å²) in [5.41, 5.74) is 6.47. The van der Waals surface area contributed by atoms with Crippen LogP contribution < -0.4 is 9.64 Å². The second kappa shape index (κ2) is 10.4. The van der Waals surface area contributed by atoms with E-state index in [2.05, 4.69) is 19.8 Å². The Hall–Kier alpha value is -4.14. The largest absolute Gasteiger partial charge is 0.573 e. The van der Waals surface area contributed by atoms with E-state index in [-0.39, 0.29) is 11.7 Å². The van der Waals surface area contributed by atoms with E-state index in [0.29, 0.717) is 35.7 Å². The zero-order valence-corrected chi connectivity index (χ0v) is 21.6. The van der Waals surface area contributed by atoms with Gasteiger partial charge in [0.1, 0.15) is 12.0 Å². The highest BCUT2D eigenvalue weighted by Gasteiger charge is 2.31. The molecular weight excluding hydrogens is 522 g/mol. The predicted molar refractivity (Wildman–Crippen MR) is 145 cm³/mol. The van der Waals surface area contributed by atoms with Crippen LogP contribution in [0.1, 0.15) is 47.9 Å². The van der Waals surface area contributed by atoms with Crippen LogP contribution in [0.3, 0.4) is 0 Å². The number of piperidine rings is 1. The van der Waals surface area contributed by atoms with Crippen LogP contribution in [-0.4, -0.2) is 35.9 Å². The number of nitrogens with zero attached hydrogens (tertiary/aromatic N) is 2. The fourth-order valence-corrected chi connectivity index (χ4v) is 5.99. The van der Waals surface area contributed by atoms with E-state index in [1.807, 2.05) is 30.3 Å². The number of benzene rings is 3. The number of anilines is 1. The molecule has 1 aromatic heterocycles. The fraction of sp³-hybridized carbons (Fsp3) is 0.290. The molecule has 0 atom stereocenters. The van der Waals surface area contributed by atoms with Crippen molar-refractivity contribution in [3.05, 3.63) is 88.9 Å². The summed E-state index contributed by atoms with van der Waals surface area (Å²) in [6.45, 7) is 1.59. The standard InChI is InChI=1S/C31H27F4N3O2/c32-30-29-25-6-2-5-24(21-3-1-4-23(17-21)40-31(33,34)35)28(26(25)11-12-27(29)36-37-30)20-7-9-22(10-8-20)38-15-13-19(18-39)14-16-38/h1,3-4,7-12,17-19H,2,5-6,13-16H2,(H,36,37). The van der Waals surface area contributed by atoms with E-state index in [4.69, 9.17) is 0 Å². The molecule has 0 radical (unpaired) electrons. The Bertz CT molecular complexity index is 1580. The molecular formula is C31H27F4N3O2. The van der Waals surface area contributed by atoms with Crippen molar-refractivity contribution in [2.24, 2.45) is 5.92 Å². The van der Waals surface area contributed by atoms with E-state index >= 15 is 0 Å². The Morgan fingerprint density at radius 1 is 0.975 bits per heavy atom. The van der Waals surface area contributed by atoms with Crippen LogP contribution in [0.4, 0.5) is 23.2 Å². The van der Waals surface area contributed by atoms with Crippen LogP contribution >= 0.6 is 0 Å². The summed E-state index contributed by atoms with van der Waals surface area (Å²) in [4.78, 5) is 13.4. The van der Waals surface area contributed by atoms with E-state index in [1.54, 1.807) is 18.2 Å². The van der Waals surface area contributed by atoms with Crippen molar-refractivity contribution >= 4 is 34.0 Å². The van der Waals surface area contributed by atoms with E-state index in [1.165, 1.54) is 12.1 Å². The molecule has 0 spiro atoms. The molecule has 0 unspecified atom stereocenters. The number of hydrogen-bond donors (Lipinski definition) is 1. The number of fused-ring (bicyclic) bond motifs is 3. The second-order valence-electron chi connectivity index (χ2n) is 10.3. The monoisotopic (exact) mass is 549 g/mol. The van der Waals surface area contributed by atoms with Gasteiger partial charge in [0.25, 0.3) is 0 Å². The summed E-state index contributed by atoms with van der Waals surface area (Å²) in [5.74, 6) is -0.681. The third-order valence-electron chi connectivity index (χ3n) is 7.88. The number of carbonyl (C=O) groups is 1. The molecule has 0 bridgehead atoms. The van der Waals surface area contributed by atoms with Gasteiger partial charge >= 0.3 is 6.36 Å². The zero-order chi connectivity index (χ0) is 27.9. The van der Waals surface area contributed by atoms with Crippen molar-refractivity contribution in [1.82, 2.24) is 10.2 Å². The van der Waals surface area contributed by atoms with Crippen LogP contribution in [-0.2, 0) is 11.2 Å². The predicted octanol–water partition coefficient (Wildman–Crippen LogP) is 7.31. The number of aryl methyl sites for hydroxylation is 1. The Morgan fingerprint density at radius 2 is 1.75 bits per heavy atom. The lowest BCUT2D eigenvalue weighted by Crippen LogP contribution is -2.34. The molecule has 6 rings (SSSR count). The number of aromatic nitrogens is 2. The minimum Gasteiger partial charge on any atom is -0.406 e. The first-order chi connectivity index (χ1) is 19.3. The molecule has 1 aliphatic carbocycles. The topological polar surface area (TPSA) is 58.2 Å². The lowest BCUT2D eigenvalue weighted by Gasteiger charge is -2.31. The SMILES string of the molecule is O=CC1CCN(c2ccc(C3=C(c4cccc(OC(F)(F)F)c4)CCCc4c3ccc3n[nH]c(F)c43)cc2)CC1. The van der Waals surface area contributed by atoms with Crippen molar-refractivity contribution in [2.45, 2.75) is 38.5 Å². The molecule has 1 fully saturated rings. The Kier molecular flexibility index (Phi) is 6.82. The molecule has 1 N–H and O–H groups in total. The number of allylic oxidation sites excluding steroid dienone is 1. The minimum atomic E-state index is -4.80.